The van der Waals surface area contributed by atoms with Crippen LogP contribution in [0.2, 0.25) is 5.02 Å². The van der Waals surface area contributed by atoms with Crippen LogP contribution in [0.1, 0.15) is 30.8 Å². The molecule has 0 fully saturated rings. The zero-order chi connectivity index (χ0) is 14.5. The quantitative estimate of drug-likeness (QED) is 0.859. The summed E-state index contributed by atoms with van der Waals surface area (Å²) in [4.78, 5) is 4.36. The number of benzene rings is 1. The molecule has 1 unspecified atom stereocenters. The van der Waals surface area contributed by atoms with Crippen LogP contribution in [0.3, 0.4) is 0 Å². The summed E-state index contributed by atoms with van der Waals surface area (Å²) in [5, 5.41) is 8.31. The van der Waals surface area contributed by atoms with Gasteiger partial charge in [0.2, 0.25) is 0 Å². The van der Waals surface area contributed by atoms with Gasteiger partial charge in [-0.25, -0.2) is 4.98 Å². The number of rotatable bonds is 6. The Balaban J connectivity index is 2.22. The average molecular weight is 358 g/mol. The van der Waals surface area contributed by atoms with E-state index >= 15 is 0 Å². The van der Waals surface area contributed by atoms with Crippen molar-refractivity contribution in [3.63, 3.8) is 0 Å². The van der Waals surface area contributed by atoms with Crippen LogP contribution in [0.5, 0.6) is 0 Å². The number of hydrogen-bond acceptors (Lipinski definition) is 3. The summed E-state index contributed by atoms with van der Waals surface area (Å²) in [5.41, 5.74) is 1.14. The van der Waals surface area contributed by atoms with Gasteiger partial charge in [-0.2, -0.15) is 5.10 Å². The maximum absolute atomic E-state index is 6.12. The van der Waals surface area contributed by atoms with Gasteiger partial charge in [0.25, 0.3) is 0 Å². The number of aryl methyl sites for hydroxylation is 1. The molecule has 0 bridgehead atoms. The van der Waals surface area contributed by atoms with E-state index < -0.39 is 0 Å². The molecular formula is C14H18BrClN4. The van der Waals surface area contributed by atoms with Gasteiger partial charge in [-0.3, -0.25) is 4.68 Å². The molecule has 108 valence electrons. The van der Waals surface area contributed by atoms with Crippen LogP contribution >= 0.6 is 27.5 Å². The van der Waals surface area contributed by atoms with Gasteiger partial charge in [0, 0.05) is 28.5 Å². The Morgan fingerprint density at radius 3 is 2.85 bits per heavy atom. The third kappa shape index (κ3) is 3.81. The minimum atomic E-state index is 0.157. The van der Waals surface area contributed by atoms with Gasteiger partial charge in [-0.1, -0.05) is 34.5 Å². The van der Waals surface area contributed by atoms with Crippen molar-refractivity contribution in [3.8, 4) is 0 Å². The summed E-state index contributed by atoms with van der Waals surface area (Å²) in [7, 11) is 1.94. The van der Waals surface area contributed by atoms with E-state index in [2.05, 4.69) is 44.3 Å². The first kappa shape index (κ1) is 15.5. The molecule has 0 radical (unpaired) electrons. The van der Waals surface area contributed by atoms with Gasteiger partial charge in [0.15, 0.2) is 0 Å². The first-order valence-electron chi connectivity index (χ1n) is 6.64. The van der Waals surface area contributed by atoms with E-state index in [1.807, 2.05) is 23.9 Å². The fourth-order valence-electron chi connectivity index (χ4n) is 2.19. The van der Waals surface area contributed by atoms with Crippen molar-refractivity contribution < 1.29 is 0 Å². The van der Waals surface area contributed by atoms with Crippen molar-refractivity contribution in [2.45, 2.75) is 32.4 Å². The first-order valence-corrected chi connectivity index (χ1v) is 7.81. The van der Waals surface area contributed by atoms with E-state index in [-0.39, 0.29) is 6.04 Å². The predicted octanol–water partition coefficient (Wildman–Crippen LogP) is 3.61. The Labute approximate surface area is 132 Å². The Morgan fingerprint density at radius 1 is 1.40 bits per heavy atom. The molecule has 1 N–H and O–H groups in total. The monoisotopic (exact) mass is 356 g/mol. The van der Waals surface area contributed by atoms with Crippen LogP contribution in [0.4, 0.5) is 0 Å². The van der Waals surface area contributed by atoms with Crippen molar-refractivity contribution in [3.05, 3.63) is 45.4 Å². The molecule has 0 amide bonds. The van der Waals surface area contributed by atoms with E-state index in [4.69, 9.17) is 11.6 Å². The molecule has 0 aliphatic rings. The molecule has 4 nitrogen and oxygen atoms in total. The van der Waals surface area contributed by atoms with Gasteiger partial charge in [-0.05, 0) is 37.2 Å². The summed E-state index contributed by atoms with van der Waals surface area (Å²) in [6, 6.07) is 6.10. The molecule has 20 heavy (non-hydrogen) atoms. The van der Waals surface area contributed by atoms with Gasteiger partial charge in [0.05, 0.1) is 0 Å². The highest BCUT2D eigenvalue weighted by Crippen LogP contribution is 2.25. The SMILES string of the molecule is CCCn1ncnc1CC(NC)c1cc(Cl)cc(Br)c1. The number of nitrogens with zero attached hydrogens (tertiary/aromatic N) is 3. The fraction of sp³-hybridized carbons (Fsp3) is 0.429. The molecule has 2 rings (SSSR count). The van der Waals surface area contributed by atoms with Crippen LogP contribution < -0.4 is 5.32 Å². The Kier molecular flexibility index (Phi) is 5.57. The van der Waals surface area contributed by atoms with Crippen LogP contribution in [0, 0.1) is 0 Å². The number of hydrogen-bond donors (Lipinski definition) is 1. The molecule has 0 aliphatic carbocycles. The summed E-state index contributed by atoms with van der Waals surface area (Å²) < 4.78 is 2.94. The third-order valence-corrected chi connectivity index (χ3v) is 3.83. The third-order valence-electron chi connectivity index (χ3n) is 3.15. The minimum Gasteiger partial charge on any atom is -0.313 e. The summed E-state index contributed by atoms with van der Waals surface area (Å²) in [6.07, 6.45) is 3.44. The topological polar surface area (TPSA) is 42.7 Å². The minimum absolute atomic E-state index is 0.157. The van der Waals surface area contributed by atoms with Gasteiger partial charge in [-0.15, -0.1) is 0 Å². The summed E-state index contributed by atoms with van der Waals surface area (Å²) in [6.45, 7) is 3.03. The van der Waals surface area contributed by atoms with Crippen LogP contribution in [-0.2, 0) is 13.0 Å². The van der Waals surface area contributed by atoms with Gasteiger partial charge in [0.1, 0.15) is 12.2 Å². The second-order valence-electron chi connectivity index (χ2n) is 4.65. The highest BCUT2D eigenvalue weighted by Gasteiger charge is 2.15. The van der Waals surface area contributed by atoms with Crippen LogP contribution in [0.25, 0.3) is 0 Å². The molecule has 0 saturated heterocycles. The second kappa shape index (κ2) is 7.20. The molecule has 1 atom stereocenters. The largest absolute Gasteiger partial charge is 0.313 e. The van der Waals surface area contributed by atoms with Gasteiger partial charge >= 0.3 is 0 Å². The maximum atomic E-state index is 6.12. The highest BCUT2D eigenvalue weighted by atomic mass is 79.9. The van der Waals surface area contributed by atoms with E-state index in [9.17, 15) is 0 Å². The first-order chi connectivity index (χ1) is 9.63. The zero-order valence-electron chi connectivity index (χ0n) is 11.6. The molecule has 1 aromatic heterocycles. The smallest absolute Gasteiger partial charge is 0.138 e. The van der Waals surface area contributed by atoms with Crippen LogP contribution in [-0.4, -0.2) is 21.8 Å². The number of halogens is 2. The fourth-order valence-corrected chi connectivity index (χ4v) is 3.08. The molecule has 6 heteroatoms. The van der Waals surface area contributed by atoms with E-state index in [0.29, 0.717) is 0 Å². The number of likely N-dealkylation sites (N-methyl/N-ethyl adjacent to an activating group) is 1. The van der Waals surface area contributed by atoms with Crippen molar-refractivity contribution in [2.75, 3.05) is 7.05 Å². The molecule has 0 spiro atoms. The maximum Gasteiger partial charge on any atom is 0.138 e. The van der Waals surface area contributed by atoms with Gasteiger partial charge < -0.3 is 5.32 Å². The molecule has 2 aromatic rings. The lowest BCUT2D eigenvalue weighted by atomic mass is 10.0. The average Bonchev–Trinajstić information content (AvgIpc) is 2.82. The predicted molar refractivity (Wildman–Crippen MR) is 85.0 cm³/mol. The number of aromatic nitrogens is 3. The number of nitrogens with one attached hydrogen (secondary N) is 1. The summed E-state index contributed by atoms with van der Waals surface area (Å²) in [5.74, 6) is 0.988. The van der Waals surface area contributed by atoms with Crippen molar-refractivity contribution in [2.24, 2.45) is 0 Å². The molecular weight excluding hydrogens is 340 g/mol. The standard InChI is InChI=1S/C14H18BrClN4/c1-3-4-20-14(18-9-19-20)8-13(17-2)10-5-11(15)7-12(16)6-10/h5-7,9,13,17H,3-4,8H2,1-2H3. The molecule has 1 aromatic carbocycles. The van der Waals surface area contributed by atoms with E-state index in [0.717, 1.165) is 40.3 Å². The normalized spacial score (nSPS) is 12.6. The van der Waals surface area contributed by atoms with Crippen LogP contribution in [0.15, 0.2) is 29.0 Å². The zero-order valence-corrected chi connectivity index (χ0v) is 13.9. The van der Waals surface area contributed by atoms with E-state index in [1.54, 1.807) is 6.33 Å². The molecule has 1 heterocycles. The van der Waals surface area contributed by atoms with E-state index in [1.165, 1.54) is 0 Å². The lowest BCUT2D eigenvalue weighted by molar-refractivity contribution is 0.517. The lowest BCUT2D eigenvalue weighted by Crippen LogP contribution is -2.21. The Bertz CT molecular complexity index is 550. The van der Waals surface area contributed by atoms with Crippen molar-refractivity contribution in [1.82, 2.24) is 20.1 Å². The molecule has 0 aliphatic heterocycles. The van der Waals surface area contributed by atoms with Crippen molar-refractivity contribution >= 4 is 27.5 Å². The highest BCUT2D eigenvalue weighted by molar-refractivity contribution is 9.10. The Morgan fingerprint density at radius 2 is 2.20 bits per heavy atom. The summed E-state index contributed by atoms with van der Waals surface area (Å²) >= 11 is 9.61. The second-order valence-corrected chi connectivity index (χ2v) is 6.00. The molecule has 0 saturated carbocycles. The Hall–Kier alpha value is -0.910. The van der Waals surface area contributed by atoms with Crippen molar-refractivity contribution in [1.29, 1.82) is 0 Å². The lowest BCUT2D eigenvalue weighted by Gasteiger charge is -2.17.